The van der Waals surface area contributed by atoms with E-state index in [1.165, 1.54) is 23.1 Å². The number of halogens is 3. The largest absolute Gasteiger partial charge is 0.490 e. The molecule has 2 fully saturated rings. The van der Waals surface area contributed by atoms with Crippen molar-refractivity contribution in [2.75, 3.05) is 13.1 Å². The maximum atomic E-state index is 12.9. The van der Waals surface area contributed by atoms with E-state index in [2.05, 4.69) is 0 Å². The lowest BCUT2D eigenvalue weighted by molar-refractivity contribution is -0.137. The van der Waals surface area contributed by atoms with Gasteiger partial charge in [0.15, 0.2) is 0 Å². The number of nitrogens with one attached hydrogen (secondary N) is 2. The van der Waals surface area contributed by atoms with Crippen molar-refractivity contribution in [1.29, 1.82) is 0 Å². The fourth-order valence-electron chi connectivity index (χ4n) is 3.80. The van der Waals surface area contributed by atoms with E-state index in [9.17, 15) is 32.3 Å². The van der Waals surface area contributed by atoms with E-state index in [1.807, 2.05) is 10.6 Å². The van der Waals surface area contributed by atoms with Crippen LogP contribution in [0.25, 0.3) is 6.08 Å². The third-order valence-electron chi connectivity index (χ3n) is 5.60. The summed E-state index contributed by atoms with van der Waals surface area (Å²) < 4.78 is 44.7. The molecule has 0 aromatic heterocycles. The molecule has 8 nitrogen and oxygen atoms in total. The molecule has 0 radical (unpaired) electrons. The van der Waals surface area contributed by atoms with Gasteiger partial charge < -0.3 is 9.64 Å². The van der Waals surface area contributed by atoms with Crippen LogP contribution in [0.15, 0.2) is 54.1 Å². The highest BCUT2D eigenvalue weighted by molar-refractivity contribution is 6.31. The van der Waals surface area contributed by atoms with Crippen molar-refractivity contribution in [2.45, 2.75) is 25.1 Å². The second kappa shape index (κ2) is 9.61. The van der Waals surface area contributed by atoms with Crippen LogP contribution in [0.2, 0.25) is 0 Å². The summed E-state index contributed by atoms with van der Waals surface area (Å²) in [7, 11) is 0. The topological polar surface area (TPSA) is 105 Å². The highest BCUT2D eigenvalue weighted by atomic mass is 19.4. The molecule has 2 aromatic rings. The highest BCUT2D eigenvalue weighted by Gasteiger charge is 2.32. The van der Waals surface area contributed by atoms with Gasteiger partial charge >= 0.3 is 12.2 Å². The predicted octanol–water partition coefficient (Wildman–Crippen LogP) is 3.14. The van der Waals surface area contributed by atoms with Crippen molar-refractivity contribution < 1.29 is 37.1 Å². The van der Waals surface area contributed by atoms with Crippen molar-refractivity contribution in [3.05, 3.63) is 70.8 Å². The molecule has 182 valence electrons. The normalized spacial score (nSPS) is 17.1. The molecule has 4 rings (SSSR count). The quantitative estimate of drug-likeness (QED) is 0.509. The Morgan fingerprint density at radius 3 is 2.20 bits per heavy atom. The van der Waals surface area contributed by atoms with Gasteiger partial charge in [-0.05, 0) is 42.0 Å². The number of urea groups is 1. The Balaban J connectivity index is 1.33. The Labute approximate surface area is 197 Å². The zero-order chi connectivity index (χ0) is 25.2. The molecule has 0 saturated carbocycles. The Kier molecular flexibility index (Phi) is 6.59. The fraction of sp³-hybridized carbons (Fsp3) is 0.250. The van der Waals surface area contributed by atoms with Crippen LogP contribution in [0.3, 0.4) is 0 Å². The summed E-state index contributed by atoms with van der Waals surface area (Å²) >= 11 is 0. The zero-order valence-electron chi connectivity index (χ0n) is 18.2. The number of nitrogens with zero attached hydrogens (tertiary/aromatic N) is 1. The van der Waals surface area contributed by atoms with E-state index >= 15 is 0 Å². The molecule has 2 aliphatic rings. The van der Waals surface area contributed by atoms with E-state index in [-0.39, 0.29) is 17.2 Å². The van der Waals surface area contributed by atoms with Gasteiger partial charge in [-0.2, -0.15) is 13.2 Å². The minimum atomic E-state index is -4.52. The second-order valence-corrected chi connectivity index (χ2v) is 8.05. The van der Waals surface area contributed by atoms with Gasteiger partial charge in [-0.3, -0.25) is 25.0 Å². The summed E-state index contributed by atoms with van der Waals surface area (Å²) in [6.07, 6.45) is -2.35. The van der Waals surface area contributed by atoms with Crippen molar-refractivity contribution in [1.82, 2.24) is 15.5 Å². The predicted molar refractivity (Wildman–Crippen MR) is 117 cm³/mol. The Bertz CT molecular complexity index is 1180. The third-order valence-corrected chi connectivity index (χ3v) is 5.60. The number of piperidine rings is 1. The van der Waals surface area contributed by atoms with Crippen molar-refractivity contribution in [2.24, 2.45) is 0 Å². The Morgan fingerprint density at radius 2 is 1.60 bits per heavy atom. The van der Waals surface area contributed by atoms with Gasteiger partial charge in [-0.15, -0.1) is 0 Å². The van der Waals surface area contributed by atoms with Crippen LogP contribution in [0, 0.1) is 0 Å². The molecule has 2 aromatic carbocycles. The van der Waals surface area contributed by atoms with E-state index in [0.29, 0.717) is 37.2 Å². The van der Waals surface area contributed by atoms with Gasteiger partial charge in [0, 0.05) is 31.5 Å². The number of alkyl halides is 3. The van der Waals surface area contributed by atoms with E-state index in [0.717, 1.165) is 12.1 Å². The number of rotatable bonds is 4. The Hall–Kier alpha value is -4.15. The monoisotopic (exact) mass is 487 g/mol. The van der Waals surface area contributed by atoms with Crippen LogP contribution in [0.1, 0.15) is 34.3 Å². The Morgan fingerprint density at radius 1 is 0.971 bits per heavy atom. The first kappa shape index (κ1) is 24.0. The number of carbonyl (C=O) groups is 4. The summed E-state index contributed by atoms with van der Waals surface area (Å²) in [5.74, 6) is -1.48. The maximum Gasteiger partial charge on any atom is 0.416 e. The van der Waals surface area contributed by atoms with Gasteiger partial charge in [0.25, 0.3) is 17.7 Å². The van der Waals surface area contributed by atoms with Crippen LogP contribution in [-0.4, -0.2) is 47.8 Å². The summed E-state index contributed by atoms with van der Waals surface area (Å²) in [6.45, 7) is 0.680. The summed E-state index contributed by atoms with van der Waals surface area (Å²) in [6, 6.07) is 10.1. The number of imide groups is 2. The minimum absolute atomic E-state index is 0.00593. The molecule has 2 aliphatic heterocycles. The van der Waals surface area contributed by atoms with Crippen LogP contribution in [0.4, 0.5) is 18.0 Å². The lowest BCUT2D eigenvalue weighted by Gasteiger charge is -2.32. The molecule has 2 saturated heterocycles. The zero-order valence-corrected chi connectivity index (χ0v) is 18.2. The number of carbonyl (C=O) groups excluding carboxylic acids is 4. The average molecular weight is 487 g/mol. The fourth-order valence-corrected chi connectivity index (χ4v) is 3.80. The lowest BCUT2D eigenvalue weighted by Crippen LogP contribution is -2.51. The van der Waals surface area contributed by atoms with E-state index in [4.69, 9.17) is 4.74 Å². The first-order valence-corrected chi connectivity index (χ1v) is 10.7. The molecule has 11 heteroatoms. The van der Waals surface area contributed by atoms with Crippen LogP contribution < -0.4 is 15.4 Å². The number of benzene rings is 2. The number of amides is 5. The molecule has 2 N–H and O–H groups in total. The molecule has 0 aliphatic carbocycles. The molecule has 2 heterocycles. The van der Waals surface area contributed by atoms with Gasteiger partial charge in [0.1, 0.15) is 17.4 Å². The molecular weight excluding hydrogens is 467 g/mol. The minimum Gasteiger partial charge on any atom is -0.490 e. The van der Waals surface area contributed by atoms with Gasteiger partial charge in [0.05, 0.1) is 5.56 Å². The average Bonchev–Trinajstić information content (AvgIpc) is 2.82. The summed E-state index contributed by atoms with van der Waals surface area (Å²) in [5.41, 5.74) is -0.517. The van der Waals surface area contributed by atoms with Crippen LogP contribution >= 0.6 is 0 Å². The number of ether oxygens (including phenoxy) is 1. The van der Waals surface area contributed by atoms with Gasteiger partial charge in [-0.1, -0.05) is 18.2 Å². The molecule has 0 bridgehead atoms. The van der Waals surface area contributed by atoms with Gasteiger partial charge in [-0.25, -0.2) is 4.79 Å². The summed E-state index contributed by atoms with van der Waals surface area (Å²) in [5, 5.41) is 3.99. The third kappa shape index (κ3) is 5.68. The number of hydrogen-bond donors (Lipinski definition) is 2. The number of hydrogen-bond acceptors (Lipinski definition) is 5. The van der Waals surface area contributed by atoms with E-state index in [1.54, 1.807) is 24.3 Å². The highest BCUT2D eigenvalue weighted by Crippen LogP contribution is 2.30. The van der Waals surface area contributed by atoms with Gasteiger partial charge in [0.2, 0.25) is 0 Å². The molecule has 35 heavy (non-hydrogen) atoms. The molecule has 5 amide bonds. The first-order valence-electron chi connectivity index (χ1n) is 10.7. The lowest BCUT2D eigenvalue weighted by atomic mass is 10.0. The smallest absolute Gasteiger partial charge is 0.416 e. The SMILES string of the molecule is O=C1NC(=O)C(=Cc2ccc(OC3CCN(C(=O)c4cccc(C(F)(F)F)c4)CC3)cc2)C(=O)N1. The number of likely N-dealkylation sites (tertiary alicyclic amines) is 1. The molecule has 0 atom stereocenters. The molecular formula is C24H20F3N3O5. The standard InChI is InChI=1S/C24H20F3N3O5/c25-24(26,27)16-3-1-2-15(13-16)22(33)30-10-8-18(9-11-30)35-17-6-4-14(5-7-17)12-19-20(31)28-23(34)29-21(19)32/h1-7,12-13,18H,8-11H2,(H2,28,29,31,32,34). The van der Waals surface area contributed by atoms with Crippen LogP contribution in [0.5, 0.6) is 5.75 Å². The number of barbiturate groups is 1. The maximum absolute atomic E-state index is 12.9. The first-order chi connectivity index (χ1) is 16.6. The van der Waals surface area contributed by atoms with Crippen molar-refractivity contribution >= 4 is 29.8 Å². The second-order valence-electron chi connectivity index (χ2n) is 8.05. The van der Waals surface area contributed by atoms with Crippen LogP contribution in [-0.2, 0) is 15.8 Å². The summed E-state index contributed by atoms with van der Waals surface area (Å²) in [4.78, 5) is 48.9. The molecule has 0 spiro atoms. The van der Waals surface area contributed by atoms with Crippen molar-refractivity contribution in [3.8, 4) is 5.75 Å². The molecule has 0 unspecified atom stereocenters. The van der Waals surface area contributed by atoms with Crippen molar-refractivity contribution in [3.63, 3.8) is 0 Å². The van der Waals surface area contributed by atoms with E-state index < -0.39 is 35.5 Å².